The Morgan fingerprint density at radius 3 is 2.91 bits per heavy atom. The molecule has 0 radical (unpaired) electrons. The van der Waals surface area contributed by atoms with Gasteiger partial charge in [0.1, 0.15) is 6.29 Å². The first-order chi connectivity index (χ1) is 5.20. The minimum atomic E-state index is -0.950. The SMILES string of the molecule is O=CC1=CCC(O)(CCl)C=C1. The van der Waals surface area contributed by atoms with Gasteiger partial charge in [-0.15, -0.1) is 11.6 Å². The largest absolute Gasteiger partial charge is 0.384 e. The van der Waals surface area contributed by atoms with Gasteiger partial charge in [-0.1, -0.05) is 18.2 Å². The van der Waals surface area contributed by atoms with E-state index >= 15 is 0 Å². The predicted octanol–water partition coefficient (Wildman–Crippen LogP) is 1.04. The summed E-state index contributed by atoms with van der Waals surface area (Å²) < 4.78 is 0. The lowest BCUT2D eigenvalue weighted by Gasteiger charge is -2.22. The zero-order valence-corrected chi connectivity index (χ0v) is 6.71. The molecule has 1 aliphatic carbocycles. The summed E-state index contributed by atoms with van der Waals surface area (Å²) in [6, 6.07) is 0. The molecule has 0 aromatic carbocycles. The maximum absolute atomic E-state index is 10.2. The molecular formula is C8H9ClO2. The van der Waals surface area contributed by atoms with Crippen LogP contribution in [0.4, 0.5) is 0 Å². The monoisotopic (exact) mass is 172 g/mol. The van der Waals surface area contributed by atoms with Crippen molar-refractivity contribution in [2.45, 2.75) is 12.0 Å². The van der Waals surface area contributed by atoms with Crippen LogP contribution in [0.15, 0.2) is 23.8 Å². The molecule has 1 unspecified atom stereocenters. The smallest absolute Gasteiger partial charge is 0.149 e. The normalized spacial score (nSPS) is 29.8. The van der Waals surface area contributed by atoms with E-state index in [4.69, 9.17) is 11.6 Å². The number of hydrogen-bond acceptors (Lipinski definition) is 2. The molecule has 2 nitrogen and oxygen atoms in total. The highest BCUT2D eigenvalue weighted by molar-refractivity contribution is 6.18. The van der Waals surface area contributed by atoms with Crippen LogP contribution in [-0.4, -0.2) is 22.9 Å². The molecule has 0 fully saturated rings. The third-order valence-corrected chi connectivity index (χ3v) is 2.11. The van der Waals surface area contributed by atoms with Gasteiger partial charge in [0.25, 0.3) is 0 Å². The highest BCUT2D eigenvalue weighted by atomic mass is 35.5. The van der Waals surface area contributed by atoms with Crippen molar-refractivity contribution in [2.24, 2.45) is 0 Å². The Labute approximate surface area is 70.2 Å². The molecule has 0 amide bonds. The molecule has 0 spiro atoms. The van der Waals surface area contributed by atoms with Crippen molar-refractivity contribution in [1.82, 2.24) is 0 Å². The predicted molar refractivity (Wildman–Crippen MR) is 43.6 cm³/mol. The van der Waals surface area contributed by atoms with Gasteiger partial charge in [0.05, 0.1) is 11.5 Å². The second kappa shape index (κ2) is 3.20. The highest BCUT2D eigenvalue weighted by Crippen LogP contribution is 2.21. The van der Waals surface area contributed by atoms with Crippen LogP contribution in [0, 0.1) is 0 Å². The molecule has 0 saturated heterocycles. The number of carbonyl (C=O) groups excluding carboxylic acids is 1. The number of allylic oxidation sites excluding steroid dienone is 2. The fourth-order valence-corrected chi connectivity index (χ4v) is 1.07. The van der Waals surface area contributed by atoms with E-state index in [0.717, 1.165) is 6.29 Å². The summed E-state index contributed by atoms with van der Waals surface area (Å²) in [7, 11) is 0. The third-order valence-electron chi connectivity index (χ3n) is 1.64. The van der Waals surface area contributed by atoms with E-state index < -0.39 is 5.60 Å². The summed E-state index contributed by atoms with van der Waals surface area (Å²) in [5.41, 5.74) is -0.353. The molecular weight excluding hydrogens is 164 g/mol. The number of aliphatic hydroxyl groups is 1. The zero-order valence-electron chi connectivity index (χ0n) is 5.96. The first kappa shape index (κ1) is 8.50. The van der Waals surface area contributed by atoms with Crippen molar-refractivity contribution in [3.63, 3.8) is 0 Å². The lowest BCUT2D eigenvalue weighted by atomic mass is 9.94. The molecule has 60 valence electrons. The van der Waals surface area contributed by atoms with Gasteiger partial charge < -0.3 is 5.11 Å². The van der Waals surface area contributed by atoms with Gasteiger partial charge in [-0.25, -0.2) is 0 Å². The number of aldehydes is 1. The van der Waals surface area contributed by atoms with Crippen molar-refractivity contribution in [2.75, 3.05) is 5.88 Å². The molecule has 11 heavy (non-hydrogen) atoms. The molecule has 0 aliphatic heterocycles. The van der Waals surface area contributed by atoms with Crippen LogP contribution in [0.2, 0.25) is 0 Å². The maximum atomic E-state index is 10.2. The Kier molecular flexibility index (Phi) is 2.47. The summed E-state index contributed by atoms with van der Waals surface area (Å²) in [5.74, 6) is 0.159. The van der Waals surface area contributed by atoms with Gasteiger partial charge in [-0.3, -0.25) is 4.79 Å². The Bertz CT molecular complexity index is 220. The highest BCUT2D eigenvalue weighted by Gasteiger charge is 2.23. The molecule has 1 N–H and O–H groups in total. The summed E-state index contributed by atoms with van der Waals surface area (Å²) in [6.07, 6.45) is 5.99. The number of carbonyl (C=O) groups is 1. The van der Waals surface area contributed by atoms with E-state index in [1.807, 2.05) is 0 Å². The van der Waals surface area contributed by atoms with E-state index in [2.05, 4.69) is 0 Å². The topological polar surface area (TPSA) is 37.3 Å². The minimum Gasteiger partial charge on any atom is -0.384 e. The molecule has 3 heteroatoms. The number of alkyl halides is 1. The standard InChI is InChI=1S/C8H9ClO2/c9-6-8(11)3-1-7(5-10)2-4-8/h1-3,5,11H,4,6H2. The maximum Gasteiger partial charge on any atom is 0.149 e. The number of hydrogen-bond donors (Lipinski definition) is 1. The average molecular weight is 173 g/mol. The lowest BCUT2D eigenvalue weighted by molar-refractivity contribution is -0.104. The summed E-state index contributed by atoms with van der Waals surface area (Å²) in [4.78, 5) is 10.2. The van der Waals surface area contributed by atoms with Crippen LogP contribution in [0.3, 0.4) is 0 Å². The second-order valence-electron chi connectivity index (χ2n) is 2.60. The van der Waals surface area contributed by atoms with Crippen LogP contribution in [0.1, 0.15) is 6.42 Å². The minimum absolute atomic E-state index is 0.159. The Balaban J connectivity index is 2.70. The molecule has 1 rings (SSSR count). The van der Waals surface area contributed by atoms with Gasteiger partial charge in [0, 0.05) is 5.57 Å². The Morgan fingerprint density at radius 2 is 2.55 bits per heavy atom. The van der Waals surface area contributed by atoms with Gasteiger partial charge in [0.15, 0.2) is 0 Å². The quantitative estimate of drug-likeness (QED) is 0.499. The zero-order chi connectivity index (χ0) is 8.32. The Hall–Kier alpha value is -0.600. The van der Waals surface area contributed by atoms with Gasteiger partial charge in [0.2, 0.25) is 0 Å². The van der Waals surface area contributed by atoms with Crippen LogP contribution < -0.4 is 0 Å². The van der Waals surface area contributed by atoms with E-state index in [1.165, 1.54) is 0 Å². The third kappa shape index (κ3) is 1.91. The summed E-state index contributed by atoms with van der Waals surface area (Å²) >= 11 is 5.49. The number of halogens is 1. The summed E-state index contributed by atoms with van der Waals surface area (Å²) in [5, 5.41) is 9.51. The first-order valence-corrected chi connectivity index (χ1v) is 3.86. The van der Waals surface area contributed by atoms with Crippen molar-refractivity contribution in [1.29, 1.82) is 0 Å². The molecule has 0 heterocycles. The Morgan fingerprint density at radius 1 is 1.82 bits per heavy atom. The average Bonchev–Trinajstić information content (AvgIpc) is 2.06. The fourth-order valence-electron chi connectivity index (χ4n) is 0.869. The van der Waals surface area contributed by atoms with E-state index in [0.29, 0.717) is 12.0 Å². The van der Waals surface area contributed by atoms with Gasteiger partial charge >= 0.3 is 0 Å². The second-order valence-corrected chi connectivity index (χ2v) is 2.86. The van der Waals surface area contributed by atoms with E-state index in [1.54, 1.807) is 18.2 Å². The lowest BCUT2D eigenvalue weighted by Crippen LogP contribution is -2.28. The van der Waals surface area contributed by atoms with E-state index in [9.17, 15) is 9.90 Å². The van der Waals surface area contributed by atoms with Crippen molar-refractivity contribution in [3.8, 4) is 0 Å². The fraction of sp³-hybridized carbons (Fsp3) is 0.375. The van der Waals surface area contributed by atoms with Crippen LogP contribution >= 0.6 is 11.6 Å². The molecule has 1 aliphatic rings. The molecule has 0 saturated carbocycles. The van der Waals surface area contributed by atoms with Crippen molar-refractivity contribution >= 4 is 17.9 Å². The first-order valence-electron chi connectivity index (χ1n) is 3.33. The van der Waals surface area contributed by atoms with E-state index in [-0.39, 0.29) is 5.88 Å². The van der Waals surface area contributed by atoms with Gasteiger partial charge in [-0.2, -0.15) is 0 Å². The van der Waals surface area contributed by atoms with Gasteiger partial charge in [-0.05, 0) is 6.42 Å². The van der Waals surface area contributed by atoms with Crippen LogP contribution in [-0.2, 0) is 4.79 Å². The molecule has 1 atom stereocenters. The molecule has 0 bridgehead atoms. The van der Waals surface area contributed by atoms with Crippen molar-refractivity contribution < 1.29 is 9.90 Å². The molecule has 0 aromatic heterocycles. The summed E-state index contributed by atoms with van der Waals surface area (Å²) in [6.45, 7) is 0. The van der Waals surface area contributed by atoms with Crippen LogP contribution in [0.25, 0.3) is 0 Å². The molecule has 0 aromatic rings. The van der Waals surface area contributed by atoms with Crippen molar-refractivity contribution in [3.05, 3.63) is 23.8 Å². The number of rotatable bonds is 2. The van der Waals surface area contributed by atoms with Crippen LogP contribution in [0.5, 0.6) is 0 Å².